The van der Waals surface area contributed by atoms with Gasteiger partial charge in [0.15, 0.2) is 0 Å². The molecule has 0 saturated heterocycles. The zero-order valence-corrected chi connectivity index (χ0v) is 13.6. The van der Waals surface area contributed by atoms with Crippen LogP contribution in [-0.2, 0) is 10.0 Å². The average molecular weight is 365 g/mol. The summed E-state index contributed by atoms with van der Waals surface area (Å²) in [6, 6.07) is 13.8. The lowest BCUT2D eigenvalue weighted by Crippen LogP contribution is -2.13. The zero-order chi connectivity index (χ0) is 15.2. The molecule has 0 amide bonds. The lowest BCUT2D eigenvalue weighted by atomic mass is 10.2. The van der Waals surface area contributed by atoms with Crippen molar-refractivity contribution >= 4 is 42.5 Å². The third-order valence-electron chi connectivity index (χ3n) is 3.33. The van der Waals surface area contributed by atoms with E-state index in [-0.39, 0.29) is 4.90 Å². The lowest BCUT2D eigenvalue weighted by molar-refractivity contribution is 0.588. The van der Waals surface area contributed by atoms with Crippen molar-refractivity contribution in [3.63, 3.8) is 0 Å². The Morgan fingerprint density at radius 3 is 2.43 bits per heavy atom. The number of benzene rings is 2. The van der Waals surface area contributed by atoms with Crippen molar-refractivity contribution in [1.82, 2.24) is 3.97 Å². The Morgan fingerprint density at radius 2 is 1.76 bits per heavy atom. The molecule has 2 N–H and O–H groups in total. The van der Waals surface area contributed by atoms with Gasteiger partial charge < -0.3 is 5.73 Å². The van der Waals surface area contributed by atoms with Crippen molar-refractivity contribution in [1.29, 1.82) is 0 Å². The fraction of sp³-hybridized carbons (Fsp3) is 0.0667. The Hall–Kier alpha value is -1.79. The number of nitrogens with zero attached hydrogens (tertiary/aromatic N) is 1. The molecule has 21 heavy (non-hydrogen) atoms. The van der Waals surface area contributed by atoms with E-state index in [4.69, 9.17) is 5.73 Å². The highest BCUT2D eigenvalue weighted by molar-refractivity contribution is 9.10. The highest BCUT2D eigenvalue weighted by Gasteiger charge is 2.23. The first-order valence-electron chi connectivity index (χ1n) is 6.29. The Labute approximate surface area is 131 Å². The Bertz CT molecular complexity index is 928. The molecular weight excluding hydrogens is 352 g/mol. The number of hydrogen-bond donors (Lipinski definition) is 1. The molecular formula is C15H13BrN2O2S. The normalized spacial score (nSPS) is 11.9. The van der Waals surface area contributed by atoms with Gasteiger partial charge in [-0.2, -0.15) is 0 Å². The number of halogens is 1. The van der Waals surface area contributed by atoms with E-state index in [1.807, 2.05) is 13.0 Å². The van der Waals surface area contributed by atoms with E-state index >= 15 is 0 Å². The number of aromatic nitrogens is 1. The van der Waals surface area contributed by atoms with Crippen LogP contribution in [0.25, 0.3) is 10.9 Å². The summed E-state index contributed by atoms with van der Waals surface area (Å²) in [6.07, 6.45) is 0. The number of para-hydroxylation sites is 1. The van der Waals surface area contributed by atoms with Crippen molar-refractivity contribution in [3.05, 3.63) is 58.7 Å². The summed E-state index contributed by atoms with van der Waals surface area (Å²) < 4.78 is 27.4. The third kappa shape index (κ3) is 2.24. The molecule has 0 aliphatic heterocycles. The van der Waals surface area contributed by atoms with Gasteiger partial charge in [-0.1, -0.05) is 29.8 Å². The first kappa shape index (κ1) is 14.2. The smallest absolute Gasteiger partial charge is 0.269 e. The second-order valence-electron chi connectivity index (χ2n) is 4.83. The van der Waals surface area contributed by atoms with Crippen LogP contribution in [0.1, 0.15) is 5.56 Å². The molecule has 3 rings (SSSR count). The SMILES string of the molecule is Cc1ccc(S(=O)(=O)n2c(Br)cc3cccc(N)c32)cc1. The number of rotatable bonds is 2. The molecule has 0 unspecified atom stereocenters. The highest BCUT2D eigenvalue weighted by atomic mass is 79.9. The van der Waals surface area contributed by atoms with E-state index in [2.05, 4.69) is 15.9 Å². The number of fused-ring (bicyclic) bond motifs is 1. The Balaban J connectivity index is 2.34. The topological polar surface area (TPSA) is 65.1 Å². The van der Waals surface area contributed by atoms with Gasteiger partial charge in [-0.05, 0) is 47.1 Å². The van der Waals surface area contributed by atoms with Crippen molar-refractivity contribution < 1.29 is 8.42 Å². The van der Waals surface area contributed by atoms with Crippen molar-refractivity contribution in [2.45, 2.75) is 11.8 Å². The molecule has 0 radical (unpaired) electrons. The van der Waals surface area contributed by atoms with Crippen molar-refractivity contribution in [3.8, 4) is 0 Å². The van der Waals surface area contributed by atoms with E-state index in [1.54, 1.807) is 42.5 Å². The maximum atomic E-state index is 12.9. The van der Waals surface area contributed by atoms with E-state index in [0.29, 0.717) is 15.8 Å². The van der Waals surface area contributed by atoms with Gasteiger partial charge >= 0.3 is 0 Å². The second-order valence-corrected chi connectivity index (χ2v) is 7.43. The largest absolute Gasteiger partial charge is 0.397 e. The van der Waals surface area contributed by atoms with Crippen LogP contribution < -0.4 is 5.73 Å². The molecule has 0 bridgehead atoms. The van der Waals surface area contributed by atoms with Gasteiger partial charge in [-0.3, -0.25) is 0 Å². The van der Waals surface area contributed by atoms with Gasteiger partial charge in [0.05, 0.1) is 16.1 Å². The van der Waals surface area contributed by atoms with Crippen molar-refractivity contribution in [2.24, 2.45) is 0 Å². The number of nitrogen functional groups attached to an aromatic ring is 1. The quantitative estimate of drug-likeness (QED) is 0.707. The van der Waals surface area contributed by atoms with Crippen molar-refractivity contribution in [2.75, 3.05) is 5.73 Å². The molecule has 1 heterocycles. The third-order valence-corrected chi connectivity index (χ3v) is 5.88. The molecule has 0 fully saturated rings. The summed E-state index contributed by atoms with van der Waals surface area (Å²) >= 11 is 3.32. The van der Waals surface area contributed by atoms with E-state index in [1.165, 1.54) is 3.97 Å². The van der Waals surface area contributed by atoms with Crippen LogP contribution in [0.4, 0.5) is 5.69 Å². The van der Waals surface area contributed by atoms with Gasteiger partial charge in [0.2, 0.25) is 0 Å². The summed E-state index contributed by atoms with van der Waals surface area (Å²) in [5, 5.41) is 0.776. The van der Waals surface area contributed by atoms with Crippen LogP contribution in [0.3, 0.4) is 0 Å². The summed E-state index contributed by atoms with van der Waals surface area (Å²) in [4.78, 5) is 0.231. The molecule has 0 aliphatic rings. The molecule has 1 aromatic heterocycles. The lowest BCUT2D eigenvalue weighted by Gasteiger charge is -2.10. The zero-order valence-electron chi connectivity index (χ0n) is 11.2. The van der Waals surface area contributed by atoms with Crippen LogP contribution in [0.15, 0.2) is 58.0 Å². The monoisotopic (exact) mass is 364 g/mol. The van der Waals surface area contributed by atoms with E-state index in [0.717, 1.165) is 10.9 Å². The van der Waals surface area contributed by atoms with Gasteiger partial charge in [-0.25, -0.2) is 12.4 Å². The second kappa shape index (κ2) is 4.89. The summed E-state index contributed by atoms with van der Waals surface area (Å²) in [5.41, 5.74) is 7.88. The predicted octanol–water partition coefficient (Wildman–Crippen LogP) is 3.53. The molecule has 0 spiro atoms. The van der Waals surface area contributed by atoms with E-state index in [9.17, 15) is 8.42 Å². The molecule has 4 nitrogen and oxygen atoms in total. The number of anilines is 1. The standard InChI is InChI=1S/C15H13BrN2O2S/c1-10-5-7-12(8-6-10)21(19,20)18-14(16)9-11-3-2-4-13(17)15(11)18/h2-9H,17H2,1H3. The van der Waals surface area contributed by atoms with Gasteiger partial charge in [-0.15, -0.1) is 0 Å². The minimum atomic E-state index is -3.70. The first-order chi connectivity index (χ1) is 9.91. The van der Waals surface area contributed by atoms with Crippen LogP contribution >= 0.6 is 15.9 Å². The fourth-order valence-electron chi connectivity index (χ4n) is 2.28. The first-order valence-corrected chi connectivity index (χ1v) is 8.52. The molecule has 2 aromatic carbocycles. The number of hydrogen-bond acceptors (Lipinski definition) is 3. The molecule has 6 heteroatoms. The van der Waals surface area contributed by atoms with Crippen LogP contribution in [0.5, 0.6) is 0 Å². The summed E-state index contributed by atoms with van der Waals surface area (Å²) in [5.74, 6) is 0. The van der Waals surface area contributed by atoms with Gasteiger partial charge in [0.25, 0.3) is 10.0 Å². The Kier molecular flexibility index (Phi) is 3.30. The average Bonchev–Trinajstić information content (AvgIpc) is 2.77. The summed E-state index contributed by atoms with van der Waals surface area (Å²) in [7, 11) is -3.70. The maximum Gasteiger partial charge on any atom is 0.269 e. The molecule has 0 atom stereocenters. The minimum absolute atomic E-state index is 0.231. The molecule has 0 saturated carbocycles. The molecule has 108 valence electrons. The van der Waals surface area contributed by atoms with E-state index < -0.39 is 10.0 Å². The van der Waals surface area contributed by atoms with Crippen LogP contribution in [0, 0.1) is 6.92 Å². The number of aryl methyl sites for hydroxylation is 1. The van der Waals surface area contributed by atoms with Crippen LogP contribution in [0.2, 0.25) is 0 Å². The highest BCUT2D eigenvalue weighted by Crippen LogP contribution is 2.32. The Morgan fingerprint density at radius 1 is 1.10 bits per heavy atom. The fourth-order valence-corrected chi connectivity index (χ4v) is 4.70. The maximum absolute atomic E-state index is 12.9. The number of nitrogens with two attached hydrogens (primary N) is 1. The summed E-state index contributed by atoms with van der Waals surface area (Å²) in [6.45, 7) is 1.91. The van der Waals surface area contributed by atoms with Crippen LogP contribution in [-0.4, -0.2) is 12.4 Å². The minimum Gasteiger partial charge on any atom is -0.397 e. The molecule has 0 aliphatic carbocycles. The van der Waals surface area contributed by atoms with Gasteiger partial charge in [0.1, 0.15) is 4.60 Å². The van der Waals surface area contributed by atoms with Gasteiger partial charge in [0, 0.05) is 5.39 Å². The molecule has 3 aromatic rings. The predicted molar refractivity (Wildman–Crippen MR) is 87.8 cm³/mol.